The number of aromatic nitrogens is 3. The number of anilines is 2. The number of carbonyl (C=O) groups excluding carboxylic acids is 2. The second-order valence-corrected chi connectivity index (χ2v) is 7.43. The molecule has 0 radical (unpaired) electrons. The molecule has 29 heavy (non-hydrogen) atoms. The molecule has 2 heterocycles. The van der Waals surface area contributed by atoms with Gasteiger partial charge in [0, 0.05) is 31.8 Å². The predicted octanol–water partition coefficient (Wildman–Crippen LogP) is 1.89. The second-order valence-electron chi connectivity index (χ2n) is 7.43. The molecule has 0 bridgehead atoms. The summed E-state index contributed by atoms with van der Waals surface area (Å²) in [6, 6.07) is 3.20. The Labute approximate surface area is 169 Å². The van der Waals surface area contributed by atoms with E-state index in [1.165, 1.54) is 23.5 Å². The third kappa shape index (κ3) is 4.66. The van der Waals surface area contributed by atoms with Gasteiger partial charge in [-0.05, 0) is 25.3 Å². The van der Waals surface area contributed by atoms with Crippen LogP contribution in [0.25, 0.3) is 11.3 Å². The van der Waals surface area contributed by atoms with Gasteiger partial charge in [0.1, 0.15) is 12.1 Å². The standard InChI is InChI=1S/C20H23N7O2/c1-11-5-14(11)19(28)26-18-10-23-17(9-24-18)13-6-15(16(7-21)22-8-13)25-12(2)20(29)27(3)4/h6,8-12,14,25H,5H2,1-4H3,(H,24,26,28)/t11-,12?,14-/m1/s1. The summed E-state index contributed by atoms with van der Waals surface area (Å²) in [5.74, 6) is 0.706. The van der Waals surface area contributed by atoms with Crippen LogP contribution >= 0.6 is 0 Å². The average molecular weight is 393 g/mol. The molecule has 0 aromatic carbocycles. The van der Waals surface area contributed by atoms with Crippen LogP contribution in [0.5, 0.6) is 0 Å². The fourth-order valence-corrected chi connectivity index (χ4v) is 2.93. The molecule has 9 heteroatoms. The summed E-state index contributed by atoms with van der Waals surface area (Å²) in [7, 11) is 3.33. The first kappa shape index (κ1) is 20.2. The van der Waals surface area contributed by atoms with Crippen LogP contribution < -0.4 is 10.6 Å². The highest BCUT2D eigenvalue weighted by Crippen LogP contribution is 2.38. The Morgan fingerprint density at radius 2 is 1.97 bits per heavy atom. The molecule has 0 aliphatic heterocycles. The molecular formula is C20H23N7O2. The van der Waals surface area contributed by atoms with E-state index in [1.807, 2.05) is 13.0 Å². The summed E-state index contributed by atoms with van der Waals surface area (Å²) in [6.07, 6.45) is 5.45. The summed E-state index contributed by atoms with van der Waals surface area (Å²) >= 11 is 0. The molecule has 1 fully saturated rings. The highest BCUT2D eigenvalue weighted by molar-refractivity contribution is 5.93. The number of carbonyl (C=O) groups is 2. The lowest BCUT2D eigenvalue weighted by Crippen LogP contribution is -2.36. The fourth-order valence-electron chi connectivity index (χ4n) is 2.93. The van der Waals surface area contributed by atoms with Gasteiger partial charge in [-0.1, -0.05) is 6.92 Å². The minimum absolute atomic E-state index is 0.0365. The molecule has 0 saturated heterocycles. The van der Waals surface area contributed by atoms with Gasteiger partial charge < -0.3 is 15.5 Å². The number of nitriles is 1. The van der Waals surface area contributed by atoms with Crippen molar-refractivity contribution in [3.05, 3.63) is 30.4 Å². The molecule has 1 saturated carbocycles. The number of likely N-dealkylation sites (N-methyl/N-ethyl adjacent to an activating group) is 1. The van der Waals surface area contributed by atoms with E-state index < -0.39 is 6.04 Å². The van der Waals surface area contributed by atoms with Gasteiger partial charge in [0.15, 0.2) is 11.5 Å². The Balaban J connectivity index is 1.77. The van der Waals surface area contributed by atoms with Crippen LogP contribution in [-0.4, -0.2) is 51.8 Å². The fraction of sp³-hybridized carbons (Fsp3) is 0.400. The van der Waals surface area contributed by atoms with Crippen molar-refractivity contribution < 1.29 is 9.59 Å². The lowest BCUT2D eigenvalue weighted by Gasteiger charge is -2.19. The number of nitrogens with zero attached hydrogens (tertiary/aromatic N) is 5. The largest absolute Gasteiger partial charge is 0.372 e. The maximum absolute atomic E-state index is 12.1. The topological polar surface area (TPSA) is 124 Å². The van der Waals surface area contributed by atoms with Crippen molar-refractivity contribution in [3.8, 4) is 17.3 Å². The number of hydrogen-bond acceptors (Lipinski definition) is 7. The SMILES string of the molecule is CC(Nc1cc(-c2cnc(NC(=O)[C@@H]3C[C@H]3C)cn2)cnc1C#N)C(=O)N(C)C. The van der Waals surface area contributed by atoms with E-state index in [2.05, 4.69) is 25.6 Å². The number of nitrogens with one attached hydrogen (secondary N) is 2. The van der Waals surface area contributed by atoms with Crippen LogP contribution in [0.15, 0.2) is 24.7 Å². The van der Waals surface area contributed by atoms with E-state index in [-0.39, 0.29) is 23.4 Å². The molecular weight excluding hydrogens is 370 g/mol. The van der Waals surface area contributed by atoms with Crippen molar-refractivity contribution in [3.63, 3.8) is 0 Å². The van der Waals surface area contributed by atoms with E-state index >= 15 is 0 Å². The minimum atomic E-state index is -0.525. The van der Waals surface area contributed by atoms with Gasteiger partial charge in [-0.2, -0.15) is 5.26 Å². The van der Waals surface area contributed by atoms with Crippen LogP contribution in [0.2, 0.25) is 0 Å². The normalized spacial score (nSPS) is 18.3. The molecule has 2 N–H and O–H groups in total. The zero-order valence-corrected chi connectivity index (χ0v) is 16.8. The quantitative estimate of drug-likeness (QED) is 0.768. The smallest absolute Gasteiger partial charge is 0.244 e. The number of amides is 2. The van der Waals surface area contributed by atoms with Crippen LogP contribution in [0.4, 0.5) is 11.5 Å². The van der Waals surface area contributed by atoms with Crippen LogP contribution in [0.1, 0.15) is 26.0 Å². The molecule has 1 aliphatic carbocycles. The summed E-state index contributed by atoms with van der Waals surface area (Å²) in [5.41, 5.74) is 1.80. The minimum Gasteiger partial charge on any atom is -0.372 e. The summed E-state index contributed by atoms with van der Waals surface area (Å²) in [4.78, 5) is 38.3. The molecule has 2 aromatic rings. The number of hydrogen-bond donors (Lipinski definition) is 2. The average Bonchev–Trinajstić information content (AvgIpc) is 3.44. The van der Waals surface area contributed by atoms with Crippen molar-refractivity contribution in [1.82, 2.24) is 19.9 Å². The first-order valence-corrected chi connectivity index (χ1v) is 9.31. The molecule has 9 nitrogen and oxygen atoms in total. The third-order valence-corrected chi connectivity index (χ3v) is 4.82. The Bertz CT molecular complexity index is 966. The zero-order chi connectivity index (χ0) is 21.1. The lowest BCUT2D eigenvalue weighted by molar-refractivity contribution is -0.129. The maximum atomic E-state index is 12.1. The Morgan fingerprint density at radius 3 is 2.52 bits per heavy atom. The van der Waals surface area contributed by atoms with Crippen LogP contribution in [0.3, 0.4) is 0 Å². The van der Waals surface area contributed by atoms with E-state index in [4.69, 9.17) is 0 Å². The first-order valence-electron chi connectivity index (χ1n) is 9.31. The van der Waals surface area contributed by atoms with Crippen molar-refractivity contribution in [2.75, 3.05) is 24.7 Å². The van der Waals surface area contributed by atoms with E-state index in [9.17, 15) is 14.9 Å². The van der Waals surface area contributed by atoms with E-state index in [0.717, 1.165) is 6.42 Å². The lowest BCUT2D eigenvalue weighted by atomic mass is 10.1. The van der Waals surface area contributed by atoms with Gasteiger partial charge in [-0.3, -0.25) is 14.6 Å². The van der Waals surface area contributed by atoms with Gasteiger partial charge >= 0.3 is 0 Å². The highest BCUT2D eigenvalue weighted by atomic mass is 16.2. The van der Waals surface area contributed by atoms with Crippen molar-refractivity contribution in [2.45, 2.75) is 26.3 Å². The van der Waals surface area contributed by atoms with Crippen LogP contribution in [-0.2, 0) is 9.59 Å². The van der Waals surface area contributed by atoms with Gasteiger partial charge in [0.05, 0.1) is 23.8 Å². The van der Waals surface area contributed by atoms with Crippen molar-refractivity contribution in [2.24, 2.45) is 11.8 Å². The van der Waals surface area contributed by atoms with Crippen molar-refractivity contribution in [1.29, 1.82) is 5.26 Å². The Kier molecular flexibility index (Phi) is 5.73. The molecule has 0 spiro atoms. The highest BCUT2D eigenvalue weighted by Gasteiger charge is 2.39. The summed E-state index contributed by atoms with van der Waals surface area (Å²) in [5, 5.41) is 15.1. The first-order chi connectivity index (χ1) is 13.8. The maximum Gasteiger partial charge on any atom is 0.244 e. The number of pyridine rings is 1. The monoisotopic (exact) mass is 393 g/mol. The third-order valence-electron chi connectivity index (χ3n) is 4.82. The van der Waals surface area contributed by atoms with Gasteiger partial charge in [-0.25, -0.2) is 9.97 Å². The second kappa shape index (κ2) is 8.22. The molecule has 3 rings (SSSR count). The van der Waals surface area contributed by atoms with E-state index in [0.29, 0.717) is 28.7 Å². The zero-order valence-electron chi connectivity index (χ0n) is 16.8. The van der Waals surface area contributed by atoms with Gasteiger partial charge in [-0.15, -0.1) is 0 Å². The molecule has 1 unspecified atom stereocenters. The molecule has 3 atom stereocenters. The van der Waals surface area contributed by atoms with Gasteiger partial charge in [0.2, 0.25) is 11.8 Å². The Morgan fingerprint density at radius 1 is 1.24 bits per heavy atom. The Hall–Kier alpha value is -3.54. The number of rotatable bonds is 6. The molecule has 150 valence electrons. The summed E-state index contributed by atoms with van der Waals surface area (Å²) in [6.45, 7) is 3.75. The molecule has 1 aliphatic rings. The van der Waals surface area contributed by atoms with Gasteiger partial charge in [0.25, 0.3) is 0 Å². The molecule has 2 aromatic heterocycles. The predicted molar refractivity (Wildman–Crippen MR) is 108 cm³/mol. The van der Waals surface area contributed by atoms with E-state index in [1.54, 1.807) is 27.1 Å². The summed E-state index contributed by atoms with van der Waals surface area (Å²) < 4.78 is 0. The van der Waals surface area contributed by atoms with Crippen molar-refractivity contribution >= 4 is 23.3 Å². The van der Waals surface area contributed by atoms with Crippen LogP contribution in [0, 0.1) is 23.2 Å². The molecule has 2 amide bonds.